The molecule has 0 saturated heterocycles. The fourth-order valence-corrected chi connectivity index (χ4v) is 2.38. The summed E-state index contributed by atoms with van der Waals surface area (Å²) in [6.07, 6.45) is 5.07. The lowest BCUT2D eigenvalue weighted by Gasteiger charge is -2.34. The molecule has 1 saturated carbocycles. The zero-order valence-corrected chi connectivity index (χ0v) is 10.4. The largest absolute Gasteiger partial charge is 0.484 e. The van der Waals surface area contributed by atoms with E-state index in [2.05, 4.69) is 0 Å². The zero-order valence-electron chi connectivity index (χ0n) is 10.4. The standard InChI is InChI=1S/C14H17FO3/c1-14(7-3-2-4-8-14)18-12-9-10(13(16)17)5-6-11(12)15/h5-6,9H,2-4,7-8H2,1H3,(H,16,17). The highest BCUT2D eigenvalue weighted by molar-refractivity contribution is 5.88. The maximum Gasteiger partial charge on any atom is 0.335 e. The third-order valence-corrected chi connectivity index (χ3v) is 3.45. The first-order valence-corrected chi connectivity index (χ1v) is 6.22. The van der Waals surface area contributed by atoms with Gasteiger partial charge in [-0.2, -0.15) is 0 Å². The molecule has 1 aliphatic rings. The number of carbonyl (C=O) groups is 1. The Kier molecular flexibility index (Phi) is 3.55. The molecule has 0 aliphatic heterocycles. The predicted molar refractivity (Wildman–Crippen MR) is 65.5 cm³/mol. The molecule has 0 spiro atoms. The van der Waals surface area contributed by atoms with Crippen LogP contribution in [0.4, 0.5) is 4.39 Å². The molecule has 0 amide bonds. The van der Waals surface area contributed by atoms with Crippen LogP contribution in [0.5, 0.6) is 5.75 Å². The van der Waals surface area contributed by atoms with Gasteiger partial charge in [-0.3, -0.25) is 0 Å². The van der Waals surface area contributed by atoms with Crippen LogP contribution in [0.15, 0.2) is 18.2 Å². The van der Waals surface area contributed by atoms with Crippen molar-refractivity contribution in [2.45, 2.75) is 44.6 Å². The van der Waals surface area contributed by atoms with Crippen molar-refractivity contribution >= 4 is 5.97 Å². The summed E-state index contributed by atoms with van der Waals surface area (Å²) in [6, 6.07) is 3.65. The van der Waals surface area contributed by atoms with E-state index in [0.29, 0.717) is 0 Å². The molecular weight excluding hydrogens is 235 g/mol. The fourth-order valence-electron chi connectivity index (χ4n) is 2.38. The molecule has 1 aliphatic carbocycles. The summed E-state index contributed by atoms with van der Waals surface area (Å²) >= 11 is 0. The molecule has 1 N–H and O–H groups in total. The first kappa shape index (κ1) is 12.9. The van der Waals surface area contributed by atoms with Crippen molar-refractivity contribution in [1.29, 1.82) is 0 Å². The van der Waals surface area contributed by atoms with Gasteiger partial charge in [0.15, 0.2) is 11.6 Å². The molecule has 18 heavy (non-hydrogen) atoms. The minimum atomic E-state index is -1.08. The van der Waals surface area contributed by atoms with Crippen molar-refractivity contribution in [3.63, 3.8) is 0 Å². The number of hydrogen-bond acceptors (Lipinski definition) is 2. The molecule has 0 bridgehead atoms. The average Bonchev–Trinajstić information content (AvgIpc) is 2.32. The smallest absolute Gasteiger partial charge is 0.335 e. The molecular formula is C14H17FO3. The Hall–Kier alpha value is -1.58. The molecule has 0 heterocycles. The maximum atomic E-state index is 13.6. The Morgan fingerprint density at radius 1 is 1.33 bits per heavy atom. The molecule has 4 heteroatoms. The van der Waals surface area contributed by atoms with Gasteiger partial charge in [0.1, 0.15) is 5.60 Å². The van der Waals surface area contributed by atoms with Crippen LogP contribution in [-0.2, 0) is 0 Å². The Morgan fingerprint density at radius 2 is 2.00 bits per heavy atom. The van der Waals surface area contributed by atoms with Crippen molar-refractivity contribution in [2.24, 2.45) is 0 Å². The van der Waals surface area contributed by atoms with Gasteiger partial charge in [-0.15, -0.1) is 0 Å². The van der Waals surface area contributed by atoms with Gasteiger partial charge in [-0.1, -0.05) is 6.42 Å². The third kappa shape index (κ3) is 2.81. The quantitative estimate of drug-likeness (QED) is 0.893. The van der Waals surface area contributed by atoms with Crippen LogP contribution in [-0.4, -0.2) is 16.7 Å². The molecule has 3 nitrogen and oxygen atoms in total. The van der Waals surface area contributed by atoms with Gasteiger partial charge in [0.2, 0.25) is 0 Å². The number of carboxylic acids is 1. The molecule has 0 radical (unpaired) electrons. The van der Waals surface area contributed by atoms with Gasteiger partial charge in [-0.25, -0.2) is 9.18 Å². The lowest BCUT2D eigenvalue weighted by Crippen LogP contribution is -2.34. The predicted octanol–water partition coefficient (Wildman–Crippen LogP) is 3.63. The average molecular weight is 252 g/mol. The highest BCUT2D eigenvalue weighted by Gasteiger charge is 2.29. The topological polar surface area (TPSA) is 46.5 Å². The fraction of sp³-hybridized carbons (Fsp3) is 0.500. The minimum Gasteiger partial charge on any atom is -0.484 e. The van der Waals surface area contributed by atoms with Crippen LogP contribution in [0, 0.1) is 5.82 Å². The Morgan fingerprint density at radius 3 is 2.61 bits per heavy atom. The van der Waals surface area contributed by atoms with Crippen LogP contribution in [0.1, 0.15) is 49.4 Å². The Labute approximate surface area is 106 Å². The van der Waals surface area contributed by atoms with E-state index in [1.807, 2.05) is 6.92 Å². The summed E-state index contributed by atoms with van der Waals surface area (Å²) in [5, 5.41) is 8.89. The molecule has 1 fully saturated rings. The number of ether oxygens (including phenoxy) is 1. The lowest BCUT2D eigenvalue weighted by molar-refractivity contribution is 0.0443. The van der Waals surface area contributed by atoms with Crippen LogP contribution in [0.2, 0.25) is 0 Å². The first-order valence-electron chi connectivity index (χ1n) is 6.22. The number of halogens is 1. The van der Waals surface area contributed by atoms with E-state index in [4.69, 9.17) is 9.84 Å². The molecule has 1 aromatic rings. The van der Waals surface area contributed by atoms with E-state index in [9.17, 15) is 9.18 Å². The monoisotopic (exact) mass is 252 g/mol. The summed E-state index contributed by atoms with van der Waals surface area (Å²) < 4.78 is 19.4. The second kappa shape index (κ2) is 4.96. The number of benzene rings is 1. The molecule has 0 unspecified atom stereocenters. The van der Waals surface area contributed by atoms with E-state index in [0.717, 1.165) is 31.7 Å². The van der Waals surface area contributed by atoms with Crippen molar-refractivity contribution in [1.82, 2.24) is 0 Å². The summed E-state index contributed by atoms with van der Waals surface area (Å²) in [5.74, 6) is -1.54. The summed E-state index contributed by atoms with van der Waals surface area (Å²) in [7, 11) is 0. The van der Waals surface area contributed by atoms with Crippen LogP contribution in [0.3, 0.4) is 0 Å². The second-order valence-corrected chi connectivity index (χ2v) is 5.06. The van der Waals surface area contributed by atoms with E-state index in [-0.39, 0.29) is 16.9 Å². The number of rotatable bonds is 3. The zero-order chi connectivity index (χ0) is 13.2. The first-order chi connectivity index (χ1) is 8.50. The van der Waals surface area contributed by atoms with Gasteiger partial charge in [0.25, 0.3) is 0 Å². The number of carboxylic acid groups (broad SMARTS) is 1. The molecule has 2 rings (SSSR count). The minimum absolute atomic E-state index is 0.0410. The maximum absolute atomic E-state index is 13.6. The number of aromatic carboxylic acids is 1. The normalized spacial score (nSPS) is 18.3. The summed E-state index contributed by atoms with van der Waals surface area (Å²) in [6.45, 7) is 1.96. The van der Waals surface area contributed by atoms with Crippen molar-refractivity contribution in [2.75, 3.05) is 0 Å². The highest BCUT2D eigenvalue weighted by Crippen LogP contribution is 2.33. The van der Waals surface area contributed by atoms with E-state index in [1.165, 1.54) is 18.6 Å². The number of hydrogen-bond donors (Lipinski definition) is 1. The van der Waals surface area contributed by atoms with Gasteiger partial charge >= 0.3 is 5.97 Å². The summed E-state index contributed by atoms with van der Waals surface area (Å²) in [5.41, 5.74) is -0.332. The molecule has 0 atom stereocenters. The van der Waals surface area contributed by atoms with E-state index in [1.54, 1.807) is 0 Å². The van der Waals surface area contributed by atoms with Crippen molar-refractivity contribution in [3.05, 3.63) is 29.6 Å². The van der Waals surface area contributed by atoms with Crippen LogP contribution >= 0.6 is 0 Å². The van der Waals surface area contributed by atoms with E-state index >= 15 is 0 Å². The lowest BCUT2D eigenvalue weighted by atomic mass is 9.86. The van der Waals surface area contributed by atoms with Crippen LogP contribution < -0.4 is 4.74 Å². The van der Waals surface area contributed by atoms with Gasteiger partial charge in [0.05, 0.1) is 5.56 Å². The van der Waals surface area contributed by atoms with Crippen molar-refractivity contribution in [3.8, 4) is 5.75 Å². The van der Waals surface area contributed by atoms with Gasteiger partial charge < -0.3 is 9.84 Å². The third-order valence-electron chi connectivity index (χ3n) is 3.45. The summed E-state index contributed by atoms with van der Waals surface area (Å²) in [4.78, 5) is 10.9. The van der Waals surface area contributed by atoms with Crippen molar-refractivity contribution < 1.29 is 19.0 Å². The Bertz CT molecular complexity index is 450. The van der Waals surface area contributed by atoms with E-state index < -0.39 is 11.8 Å². The van der Waals surface area contributed by atoms with Gasteiger partial charge in [0, 0.05) is 0 Å². The SMILES string of the molecule is CC1(Oc2cc(C(=O)O)ccc2F)CCCCC1. The molecule has 1 aromatic carbocycles. The van der Waals surface area contributed by atoms with Crippen LogP contribution in [0.25, 0.3) is 0 Å². The molecule has 98 valence electrons. The Balaban J connectivity index is 2.22. The molecule has 0 aromatic heterocycles. The van der Waals surface area contributed by atoms with Gasteiger partial charge in [-0.05, 0) is 50.8 Å². The highest BCUT2D eigenvalue weighted by atomic mass is 19.1. The second-order valence-electron chi connectivity index (χ2n) is 5.06.